The summed E-state index contributed by atoms with van der Waals surface area (Å²) in [5.41, 5.74) is 6.57. The van der Waals surface area contributed by atoms with Crippen LogP contribution in [-0.2, 0) is 0 Å². The largest absolute Gasteiger partial charge is 0.305 e. The molecule has 3 aromatic carbocycles. The van der Waals surface area contributed by atoms with E-state index in [4.69, 9.17) is 9.97 Å². The van der Waals surface area contributed by atoms with E-state index in [1.165, 1.54) is 11.1 Å². The van der Waals surface area contributed by atoms with Crippen LogP contribution in [0.3, 0.4) is 0 Å². The number of rotatable bonds is 2. The molecule has 0 aliphatic carbocycles. The highest BCUT2D eigenvalue weighted by Crippen LogP contribution is 2.42. The Balaban J connectivity index is 1.72. The lowest BCUT2D eigenvalue weighted by atomic mass is 10.2. The van der Waals surface area contributed by atoms with E-state index in [9.17, 15) is 0 Å². The molecule has 4 nitrogen and oxygen atoms in total. The van der Waals surface area contributed by atoms with E-state index in [-0.39, 0.29) is 0 Å². The number of fused-ring (bicyclic) bond motifs is 2. The Morgan fingerprint density at radius 2 is 1.11 bits per heavy atom. The number of hydrogen-bond acceptors (Lipinski definition) is 4. The number of benzene rings is 3. The summed E-state index contributed by atoms with van der Waals surface area (Å²) < 4.78 is 0. The van der Waals surface area contributed by atoms with Gasteiger partial charge in [-0.05, 0) is 61.4 Å². The maximum Gasteiger partial charge on any atom is 0.179 e. The first-order valence-corrected chi connectivity index (χ1v) is 9.14. The molecule has 0 radical (unpaired) electrons. The fourth-order valence-electron chi connectivity index (χ4n) is 3.62. The number of anilines is 4. The summed E-state index contributed by atoms with van der Waals surface area (Å²) in [6.45, 7) is 4.92. The van der Waals surface area contributed by atoms with Gasteiger partial charge >= 0.3 is 0 Å². The van der Waals surface area contributed by atoms with Gasteiger partial charge in [0.2, 0.25) is 0 Å². The zero-order chi connectivity index (χ0) is 18.4. The van der Waals surface area contributed by atoms with E-state index >= 15 is 0 Å². The number of hydrogen-bond donors (Lipinski definition) is 0. The standard InChI is InChI=1S/C23H20N4/c1-16-7-5-9-18(13-16)26-15-27(19-10-6-8-17(2)14-19)23-22(26)24-20-11-3-4-12-21(20)25-23/h3-14H,15H2,1-2H3. The van der Waals surface area contributed by atoms with Gasteiger partial charge in [-0.15, -0.1) is 0 Å². The average molecular weight is 352 g/mol. The van der Waals surface area contributed by atoms with Crippen molar-refractivity contribution in [3.63, 3.8) is 0 Å². The van der Waals surface area contributed by atoms with Crippen molar-refractivity contribution in [3.8, 4) is 0 Å². The maximum atomic E-state index is 4.96. The molecule has 0 bridgehead atoms. The fraction of sp³-hybridized carbons (Fsp3) is 0.130. The molecule has 0 spiro atoms. The van der Waals surface area contributed by atoms with Gasteiger partial charge in [0.05, 0.1) is 11.0 Å². The molecule has 0 unspecified atom stereocenters. The number of aromatic nitrogens is 2. The third-order valence-corrected chi connectivity index (χ3v) is 4.96. The lowest BCUT2D eigenvalue weighted by Gasteiger charge is -2.21. The Labute approximate surface area is 158 Å². The molecule has 0 N–H and O–H groups in total. The second kappa shape index (κ2) is 6.09. The molecule has 1 aliphatic rings. The molecule has 0 amide bonds. The molecule has 0 atom stereocenters. The fourth-order valence-corrected chi connectivity index (χ4v) is 3.62. The van der Waals surface area contributed by atoms with Gasteiger partial charge in [0.25, 0.3) is 0 Å². The molecule has 4 heteroatoms. The van der Waals surface area contributed by atoms with E-state index in [1.807, 2.05) is 24.3 Å². The summed E-state index contributed by atoms with van der Waals surface area (Å²) in [6.07, 6.45) is 0. The van der Waals surface area contributed by atoms with Gasteiger partial charge in [0.1, 0.15) is 6.67 Å². The SMILES string of the molecule is Cc1cccc(N2CN(c3cccc(C)c3)c3nc4ccccc4nc32)c1. The Hall–Kier alpha value is -3.40. The van der Waals surface area contributed by atoms with Gasteiger partial charge in [0.15, 0.2) is 11.6 Å². The number of aryl methyl sites for hydroxylation is 2. The molecule has 2 heterocycles. The lowest BCUT2D eigenvalue weighted by Crippen LogP contribution is -2.24. The maximum absolute atomic E-state index is 4.96. The van der Waals surface area contributed by atoms with Gasteiger partial charge < -0.3 is 9.80 Å². The zero-order valence-corrected chi connectivity index (χ0v) is 15.4. The van der Waals surface area contributed by atoms with E-state index in [2.05, 4.69) is 72.2 Å². The van der Waals surface area contributed by atoms with E-state index in [0.717, 1.165) is 34.0 Å². The molecular weight excluding hydrogens is 332 g/mol. The van der Waals surface area contributed by atoms with Crippen molar-refractivity contribution >= 4 is 34.0 Å². The lowest BCUT2D eigenvalue weighted by molar-refractivity contribution is 0.975. The molecular formula is C23H20N4. The van der Waals surface area contributed by atoms with Gasteiger partial charge in [-0.2, -0.15) is 0 Å². The van der Waals surface area contributed by atoms with Crippen LogP contribution >= 0.6 is 0 Å². The summed E-state index contributed by atoms with van der Waals surface area (Å²) in [5, 5.41) is 0. The van der Waals surface area contributed by atoms with Crippen molar-refractivity contribution in [2.45, 2.75) is 13.8 Å². The third-order valence-electron chi connectivity index (χ3n) is 4.96. The highest BCUT2D eigenvalue weighted by Gasteiger charge is 2.31. The predicted molar refractivity (Wildman–Crippen MR) is 111 cm³/mol. The van der Waals surface area contributed by atoms with Crippen LogP contribution in [0.25, 0.3) is 11.0 Å². The average Bonchev–Trinajstić information content (AvgIpc) is 3.05. The monoisotopic (exact) mass is 352 g/mol. The summed E-state index contributed by atoms with van der Waals surface area (Å²) in [6, 6.07) is 25.1. The van der Waals surface area contributed by atoms with Crippen LogP contribution in [0.4, 0.5) is 23.0 Å². The molecule has 0 fully saturated rings. The first kappa shape index (κ1) is 15.8. The minimum Gasteiger partial charge on any atom is -0.305 e. The molecule has 132 valence electrons. The van der Waals surface area contributed by atoms with Gasteiger partial charge in [-0.1, -0.05) is 36.4 Å². The van der Waals surface area contributed by atoms with Crippen molar-refractivity contribution in [2.24, 2.45) is 0 Å². The minimum absolute atomic E-state index is 0.693. The molecule has 0 saturated carbocycles. The van der Waals surface area contributed by atoms with Crippen molar-refractivity contribution in [1.29, 1.82) is 0 Å². The van der Waals surface area contributed by atoms with Crippen LogP contribution in [0, 0.1) is 13.8 Å². The topological polar surface area (TPSA) is 32.3 Å². The third kappa shape index (κ3) is 2.70. The number of nitrogens with zero attached hydrogens (tertiary/aromatic N) is 4. The van der Waals surface area contributed by atoms with Crippen molar-refractivity contribution in [1.82, 2.24) is 9.97 Å². The van der Waals surface area contributed by atoms with Crippen LogP contribution in [0.1, 0.15) is 11.1 Å². The summed E-state index contributed by atoms with van der Waals surface area (Å²) >= 11 is 0. The quantitative estimate of drug-likeness (QED) is 0.477. The summed E-state index contributed by atoms with van der Waals surface area (Å²) in [5.74, 6) is 1.81. The molecule has 27 heavy (non-hydrogen) atoms. The van der Waals surface area contributed by atoms with Crippen LogP contribution in [0.15, 0.2) is 72.8 Å². The highest BCUT2D eigenvalue weighted by molar-refractivity contribution is 5.88. The number of para-hydroxylation sites is 2. The Morgan fingerprint density at radius 1 is 0.630 bits per heavy atom. The zero-order valence-electron chi connectivity index (χ0n) is 15.4. The molecule has 5 rings (SSSR count). The van der Waals surface area contributed by atoms with E-state index in [0.29, 0.717) is 6.67 Å². The summed E-state index contributed by atoms with van der Waals surface area (Å²) in [7, 11) is 0. The van der Waals surface area contributed by atoms with E-state index in [1.54, 1.807) is 0 Å². The van der Waals surface area contributed by atoms with Gasteiger partial charge in [-0.25, -0.2) is 9.97 Å². The van der Waals surface area contributed by atoms with Gasteiger partial charge in [-0.3, -0.25) is 0 Å². The van der Waals surface area contributed by atoms with Crippen LogP contribution < -0.4 is 9.80 Å². The van der Waals surface area contributed by atoms with Crippen LogP contribution in [0.2, 0.25) is 0 Å². The Bertz CT molecular complexity index is 1060. The smallest absolute Gasteiger partial charge is 0.179 e. The molecule has 4 aromatic rings. The molecule has 1 aromatic heterocycles. The Kier molecular flexibility index (Phi) is 3.57. The second-order valence-corrected chi connectivity index (χ2v) is 7.04. The highest BCUT2D eigenvalue weighted by atomic mass is 15.4. The molecule has 0 saturated heterocycles. The van der Waals surface area contributed by atoms with E-state index < -0.39 is 0 Å². The second-order valence-electron chi connectivity index (χ2n) is 7.04. The minimum atomic E-state index is 0.693. The van der Waals surface area contributed by atoms with Crippen molar-refractivity contribution < 1.29 is 0 Å². The van der Waals surface area contributed by atoms with Crippen molar-refractivity contribution in [2.75, 3.05) is 16.5 Å². The Morgan fingerprint density at radius 3 is 1.56 bits per heavy atom. The first-order chi connectivity index (χ1) is 13.2. The normalized spacial score (nSPS) is 13.3. The van der Waals surface area contributed by atoms with Gasteiger partial charge in [0, 0.05) is 11.4 Å². The van der Waals surface area contributed by atoms with Crippen molar-refractivity contribution in [3.05, 3.63) is 83.9 Å². The molecule has 1 aliphatic heterocycles. The van der Waals surface area contributed by atoms with Crippen LogP contribution in [-0.4, -0.2) is 16.6 Å². The van der Waals surface area contributed by atoms with Crippen LogP contribution in [0.5, 0.6) is 0 Å². The predicted octanol–water partition coefficient (Wildman–Crippen LogP) is 5.49. The first-order valence-electron chi connectivity index (χ1n) is 9.14. The summed E-state index contributed by atoms with van der Waals surface area (Å²) in [4.78, 5) is 14.4.